The number of hydrogen-bond acceptors (Lipinski definition) is 3. The number of carboxylic acid groups (broad SMARTS) is 1. The van der Waals surface area contributed by atoms with Gasteiger partial charge >= 0.3 is 5.97 Å². The second-order valence-corrected chi connectivity index (χ2v) is 4.38. The Labute approximate surface area is 113 Å². The van der Waals surface area contributed by atoms with Crippen LogP contribution in [0.4, 0.5) is 0 Å². The van der Waals surface area contributed by atoms with Gasteiger partial charge in [0.25, 0.3) is 5.91 Å². The predicted molar refractivity (Wildman–Crippen MR) is 73.3 cm³/mol. The van der Waals surface area contributed by atoms with Gasteiger partial charge < -0.3 is 15.3 Å². The molecular formula is C14H20N2O3. The molecule has 1 rings (SSSR count). The Bertz CT molecular complexity index is 446. The Kier molecular flexibility index (Phi) is 6.02. The van der Waals surface area contributed by atoms with E-state index >= 15 is 0 Å². The molecule has 5 heteroatoms. The van der Waals surface area contributed by atoms with Crippen LogP contribution in [0.5, 0.6) is 0 Å². The number of amides is 1. The summed E-state index contributed by atoms with van der Waals surface area (Å²) in [5, 5.41) is 11.7. The quantitative estimate of drug-likeness (QED) is 0.770. The molecule has 2 N–H and O–H groups in total. The third kappa shape index (κ3) is 4.71. The van der Waals surface area contributed by atoms with E-state index in [1.165, 1.54) is 4.90 Å². The fourth-order valence-corrected chi connectivity index (χ4v) is 1.78. The van der Waals surface area contributed by atoms with Crippen molar-refractivity contribution in [1.82, 2.24) is 10.2 Å². The second kappa shape index (κ2) is 7.53. The average molecular weight is 264 g/mol. The first-order chi connectivity index (χ1) is 9.06. The first-order valence-corrected chi connectivity index (χ1v) is 6.26. The number of hydrogen-bond donors (Lipinski definition) is 2. The van der Waals surface area contributed by atoms with E-state index in [1.807, 2.05) is 25.2 Å². The maximum Gasteiger partial charge on any atom is 0.305 e. The molecule has 1 aromatic rings. The lowest BCUT2D eigenvalue weighted by atomic mass is 10.0. The predicted octanol–water partition coefficient (Wildman–Crippen LogP) is 0.995. The molecule has 0 aliphatic carbocycles. The summed E-state index contributed by atoms with van der Waals surface area (Å²) in [5.41, 5.74) is 1.62. The number of rotatable bonds is 7. The minimum atomic E-state index is -0.900. The van der Waals surface area contributed by atoms with Gasteiger partial charge in [-0.05, 0) is 31.6 Å². The van der Waals surface area contributed by atoms with Crippen molar-refractivity contribution >= 4 is 11.9 Å². The van der Waals surface area contributed by atoms with Crippen molar-refractivity contribution in [2.45, 2.75) is 12.8 Å². The number of nitrogens with one attached hydrogen (secondary N) is 1. The molecular weight excluding hydrogens is 244 g/mol. The molecule has 0 unspecified atom stereocenters. The molecule has 0 aliphatic rings. The van der Waals surface area contributed by atoms with E-state index in [0.29, 0.717) is 5.56 Å². The molecule has 0 aliphatic heterocycles. The highest BCUT2D eigenvalue weighted by atomic mass is 16.4. The summed E-state index contributed by atoms with van der Waals surface area (Å²) in [6, 6.07) is 7.43. The van der Waals surface area contributed by atoms with Crippen molar-refractivity contribution in [1.29, 1.82) is 0 Å². The van der Waals surface area contributed by atoms with E-state index in [9.17, 15) is 9.59 Å². The van der Waals surface area contributed by atoms with Crippen LogP contribution in [0.3, 0.4) is 0 Å². The number of benzene rings is 1. The molecule has 104 valence electrons. The lowest BCUT2D eigenvalue weighted by Gasteiger charge is -2.18. The van der Waals surface area contributed by atoms with E-state index in [4.69, 9.17) is 5.11 Å². The molecule has 1 aromatic carbocycles. The highest BCUT2D eigenvalue weighted by Crippen LogP contribution is 2.12. The van der Waals surface area contributed by atoms with Crippen molar-refractivity contribution in [3.63, 3.8) is 0 Å². The van der Waals surface area contributed by atoms with E-state index < -0.39 is 5.97 Å². The van der Waals surface area contributed by atoms with Crippen molar-refractivity contribution in [2.24, 2.45) is 0 Å². The summed E-state index contributed by atoms with van der Waals surface area (Å²) in [6.45, 7) is 1.01. The Morgan fingerprint density at radius 3 is 2.63 bits per heavy atom. The zero-order valence-corrected chi connectivity index (χ0v) is 11.3. The molecule has 19 heavy (non-hydrogen) atoms. The van der Waals surface area contributed by atoms with E-state index in [0.717, 1.165) is 18.5 Å². The average Bonchev–Trinajstić information content (AvgIpc) is 2.42. The number of aliphatic carboxylic acids is 1. The first kappa shape index (κ1) is 15.2. The molecule has 0 heterocycles. The maximum absolute atomic E-state index is 12.3. The van der Waals surface area contributed by atoms with Crippen LogP contribution in [0.25, 0.3) is 0 Å². The zero-order chi connectivity index (χ0) is 14.3. The smallest absolute Gasteiger partial charge is 0.305 e. The van der Waals surface area contributed by atoms with Crippen LogP contribution >= 0.6 is 0 Å². The van der Waals surface area contributed by atoms with Gasteiger partial charge in [-0.3, -0.25) is 9.59 Å². The summed E-state index contributed by atoms with van der Waals surface area (Å²) in [6.07, 6.45) is 0.728. The normalized spacial score (nSPS) is 10.2. The summed E-state index contributed by atoms with van der Waals surface area (Å²) in [7, 11) is 3.49. The minimum Gasteiger partial charge on any atom is -0.481 e. The first-order valence-electron chi connectivity index (χ1n) is 6.26. The number of carbonyl (C=O) groups is 2. The van der Waals surface area contributed by atoms with E-state index in [-0.39, 0.29) is 18.9 Å². The van der Waals surface area contributed by atoms with Gasteiger partial charge in [0.1, 0.15) is 0 Å². The number of carbonyl (C=O) groups excluding carboxylic acids is 1. The van der Waals surface area contributed by atoms with Crippen LogP contribution in [-0.4, -0.2) is 49.1 Å². The molecule has 0 fully saturated rings. The second-order valence-electron chi connectivity index (χ2n) is 4.38. The molecule has 0 saturated heterocycles. The standard InChI is InChI=1S/C14H20N2O3/c1-15-9-7-11-5-3-4-6-12(11)14(19)16(2)10-8-13(17)18/h3-6,15H,7-10H2,1-2H3,(H,17,18). The van der Waals surface area contributed by atoms with Crippen molar-refractivity contribution in [3.05, 3.63) is 35.4 Å². The highest BCUT2D eigenvalue weighted by Gasteiger charge is 2.15. The molecule has 0 bridgehead atoms. The van der Waals surface area contributed by atoms with Crippen LogP contribution in [0.15, 0.2) is 24.3 Å². The van der Waals surface area contributed by atoms with Crippen molar-refractivity contribution in [3.8, 4) is 0 Å². The van der Waals surface area contributed by atoms with E-state index in [2.05, 4.69) is 5.32 Å². The lowest BCUT2D eigenvalue weighted by molar-refractivity contribution is -0.137. The van der Waals surface area contributed by atoms with Crippen LogP contribution in [0, 0.1) is 0 Å². The fourth-order valence-electron chi connectivity index (χ4n) is 1.78. The molecule has 0 aromatic heterocycles. The lowest BCUT2D eigenvalue weighted by Crippen LogP contribution is -2.30. The fraction of sp³-hybridized carbons (Fsp3) is 0.429. The summed E-state index contributed by atoms with van der Waals surface area (Å²) >= 11 is 0. The van der Waals surface area contributed by atoms with Gasteiger partial charge in [0.15, 0.2) is 0 Å². The Balaban J connectivity index is 2.77. The van der Waals surface area contributed by atoms with Gasteiger partial charge in [0, 0.05) is 19.2 Å². The molecule has 0 saturated carbocycles. The topological polar surface area (TPSA) is 69.6 Å². The largest absolute Gasteiger partial charge is 0.481 e. The van der Waals surface area contributed by atoms with Crippen molar-refractivity contribution < 1.29 is 14.7 Å². The number of likely N-dealkylation sites (N-methyl/N-ethyl adjacent to an activating group) is 1. The molecule has 0 spiro atoms. The third-order valence-electron chi connectivity index (χ3n) is 2.90. The van der Waals surface area contributed by atoms with Gasteiger partial charge in [-0.25, -0.2) is 0 Å². The molecule has 1 amide bonds. The van der Waals surface area contributed by atoms with Crippen LogP contribution in [0.1, 0.15) is 22.3 Å². The summed E-state index contributed by atoms with van der Waals surface area (Å²) < 4.78 is 0. The summed E-state index contributed by atoms with van der Waals surface area (Å²) in [5.74, 6) is -1.03. The monoisotopic (exact) mass is 264 g/mol. The van der Waals surface area contributed by atoms with Gasteiger partial charge in [-0.15, -0.1) is 0 Å². The van der Waals surface area contributed by atoms with E-state index in [1.54, 1.807) is 13.1 Å². The van der Waals surface area contributed by atoms with Crippen molar-refractivity contribution in [2.75, 3.05) is 27.2 Å². The molecule has 5 nitrogen and oxygen atoms in total. The van der Waals surface area contributed by atoms with Gasteiger partial charge in [0.05, 0.1) is 6.42 Å². The van der Waals surface area contributed by atoms with Gasteiger partial charge in [-0.1, -0.05) is 18.2 Å². The van der Waals surface area contributed by atoms with Crippen LogP contribution < -0.4 is 5.32 Å². The zero-order valence-electron chi connectivity index (χ0n) is 11.3. The SMILES string of the molecule is CNCCc1ccccc1C(=O)N(C)CCC(=O)O. The van der Waals surface area contributed by atoms with Crippen LogP contribution in [0.2, 0.25) is 0 Å². The highest BCUT2D eigenvalue weighted by molar-refractivity contribution is 5.95. The molecule has 0 radical (unpaired) electrons. The number of nitrogens with zero attached hydrogens (tertiary/aromatic N) is 1. The number of carboxylic acids is 1. The summed E-state index contributed by atoms with van der Waals surface area (Å²) in [4.78, 5) is 24.2. The Morgan fingerprint density at radius 1 is 1.32 bits per heavy atom. The molecule has 0 atom stereocenters. The van der Waals surface area contributed by atoms with Gasteiger partial charge in [-0.2, -0.15) is 0 Å². The minimum absolute atomic E-state index is 0.0408. The third-order valence-corrected chi connectivity index (χ3v) is 2.90. The maximum atomic E-state index is 12.3. The van der Waals surface area contributed by atoms with Crippen LogP contribution in [-0.2, 0) is 11.2 Å². The Morgan fingerprint density at radius 2 is 2.00 bits per heavy atom. The van der Waals surface area contributed by atoms with Gasteiger partial charge in [0.2, 0.25) is 0 Å². The Hall–Kier alpha value is -1.88.